The minimum Gasteiger partial charge on any atom is -0.320 e. The number of aryl methyl sites for hydroxylation is 1. The first kappa shape index (κ1) is 13.8. The van der Waals surface area contributed by atoms with Crippen molar-refractivity contribution in [1.82, 2.24) is 9.78 Å². The molecule has 1 heterocycles. The predicted octanol–water partition coefficient (Wildman–Crippen LogP) is 3.25. The number of nitrogens with two attached hydrogens (primary N) is 1. The molecule has 0 fully saturated rings. The molecule has 0 aliphatic carbocycles. The predicted molar refractivity (Wildman–Crippen MR) is 79.1 cm³/mol. The maximum absolute atomic E-state index is 6.29. The van der Waals surface area contributed by atoms with E-state index in [0.29, 0.717) is 0 Å². The molecule has 1 aromatic carbocycles. The summed E-state index contributed by atoms with van der Waals surface area (Å²) in [4.78, 5) is 0. The molecule has 1 atom stereocenters. The van der Waals surface area contributed by atoms with Crippen molar-refractivity contribution in [1.29, 1.82) is 0 Å². The lowest BCUT2D eigenvalue weighted by Crippen LogP contribution is -2.14. The van der Waals surface area contributed by atoms with E-state index >= 15 is 0 Å². The minimum atomic E-state index is -0.102. The van der Waals surface area contributed by atoms with Gasteiger partial charge in [-0.25, -0.2) is 0 Å². The van der Waals surface area contributed by atoms with E-state index in [1.165, 1.54) is 5.56 Å². The van der Waals surface area contributed by atoms with Crippen LogP contribution in [0.3, 0.4) is 0 Å². The third-order valence-corrected chi connectivity index (χ3v) is 3.47. The van der Waals surface area contributed by atoms with Crippen molar-refractivity contribution in [2.24, 2.45) is 5.73 Å². The molecule has 19 heavy (non-hydrogen) atoms. The van der Waals surface area contributed by atoms with Crippen LogP contribution in [0.5, 0.6) is 0 Å². The molecule has 2 aromatic rings. The number of rotatable bonds is 3. The molecule has 0 radical (unpaired) electrons. The Labute approximate surface area is 115 Å². The average molecular weight is 257 g/mol. The van der Waals surface area contributed by atoms with E-state index in [0.717, 1.165) is 17.7 Å². The Kier molecular flexibility index (Phi) is 3.76. The second-order valence-corrected chi connectivity index (χ2v) is 5.98. The summed E-state index contributed by atoms with van der Waals surface area (Å²) in [6, 6.07) is 8.47. The summed E-state index contributed by atoms with van der Waals surface area (Å²) in [5.41, 5.74) is 9.98. The molecule has 3 heteroatoms. The van der Waals surface area contributed by atoms with Gasteiger partial charge in [0.15, 0.2) is 0 Å². The molecule has 0 aliphatic heterocycles. The van der Waals surface area contributed by atoms with Crippen LogP contribution in [0, 0.1) is 0 Å². The smallest absolute Gasteiger partial charge is 0.0582 e. The molecule has 2 N–H and O–H groups in total. The highest BCUT2D eigenvalue weighted by Gasteiger charge is 2.15. The van der Waals surface area contributed by atoms with E-state index in [1.807, 2.05) is 17.1 Å². The Morgan fingerprint density at radius 2 is 1.79 bits per heavy atom. The van der Waals surface area contributed by atoms with Gasteiger partial charge in [0.05, 0.1) is 12.2 Å². The first-order valence-corrected chi connectivity index (χ1v) is 6.80. The van der Waals surface area contributed by atoms with Crippen molar-refractivity contribution < 1.29 is 0 Å². The number of benzene rings is 1. The standard InChI is InChI=1S/C16H23N3/c1-5-19-11-13(10-18-19)15(17)12-6-8-14(9-7-12)16(2,3)4/h6-11,15H,5,17H2,1-4H3. The molecule has 0 amide bonds. The van der Waals surface area contributed by atoms with Crippen molar-refractivity contribution in [2.75, 3.05) is 0 Å². The molecule has 0 saturated carbocycles. The van der Waals surface area contributed by atoms with Crippen LogP contribution in [0.15, 0.2) is 36.7 Å². The van der Waals surface area contributed by atoms with E-state index < -0.39 is 0 Å². The van der Waals surface area contributed by atoms with Crippen molar-refractivity contribution in [2.45, 2.75) is 45.7 Å². The third-order valence-electron chi connectivity index (χ3n) is 3.47. The lowest BCUT2D eigenvalue weighted by Gasteiger charge is -2.20. The normalized spacial score (nSPS) is 13.5. The van der Waals surface area contributed by atoms with Gasteiger partial charge in [-0.05, 0) is 23.5 Å². The quantitative estimate of drug-likeness (QED) is 0.917. The van der Waals surface area contributed by atoms with Crippen molar-refractivity contribution in [3.63, 3.8) is 0 Å². The van der Waals surface area contributed by atoms with Gasteiger partial charge in [0.2, 0.25) is 0 Å². The van der Waals surface area contributed by atoms with Gasteiger partial charge in [-0.2, -0.15) is 5.10 Å². The maximum atomic E-state index is 6.29. The average Bonchev–Trinajstić information content (AvgIpc) is 2.86. The summed E-state index contributed by atoms with van der Waals surface area (Å²) in [5.74, 6) is 0. The highest BCUT2D eigenvalue weighted by molar-refractivity contribution is 5.33. The highest BCUT2D eigenvalue weighted by atomic mass is 15.3. The van der Waals surface area contributed by atoms with Gasteiger partial charge < -0.3 is 5.73 Å². The fourth-order valence-electron chi connectivity index (χ4n) is 2.10. The zero-order valence-electron chi connectivity index (χ0n) is 12.2. The lowest BCUT2D eigenvalue weighted by molar-refractivity contribution is 0.589. The highest BCUT2D eigenvalue weighted by Crippen LogP contribution is 2.25. The van der Waals surface area contributed by atoms with Gasteiger partial charge in [-0.3, -0.25) is 4.68 Å². The van der Waals surface area contributed by atoms with Crippen LogP contribution < -0.4 is 5.73 Å². The minimum absolute atomic E-state index is 0.102. The van der Waals surface area contributed by atoms with Gasteiger partial charge in [0, 0.05) is 18.3 Å². The molecule has 1 unspecified atom stereocenters. The fourth-order valence-corrected chi connectivity index (χ4v) is 2.10. The fraction of sp³-hybridized carbons (Fsp3) is 0.438. The number of hydrogen-bond acceptors (Lipinski definition) is 2. The molecule has 2 rings (SSSR count). The van der Waals surface area contributed by atoms with E-state index in [9.17, 15) is 0 Å². The first-order valence-electron chi connectivity index (χ1n) is 6.80. The van der Waals surface area contributed by atoms with E-state index in [1.54, 1.807) is 0 Å². The Morgan fingerprint density at radius 3 is 2.26 bits per heavy atom. The van der Waals surface area contributed by atoms with Crippen LogP contribution in [0.2, 0.25) is 0 Å². The summed E-state index contributed by atoms with van der Waals surface area (Å²) in [5, 5.41) is 4.27. The molecule has 102 valence electrons. The van der Waals surface area contributed by atoms with Crippen LogP contribution in [0.1, 0.15) is 50.4 Å². The Morgan fingerprint density at radius 1 is 1.16 bits per heavy atom. The third kappa shape index (κ3) is 3.04. The van der Waals surface area contributed by atoms with E-state index in [-0.39, 0.29) is 11.5 Å². The van der Waals surface area contributed by atoms with E-state index in [2.05, 4.69) is 57.1 Å². The lowest BCUT2D eigenvalue weighted by atomic mass is 9.86. The number of aromatic nitrogens is 2. The Bertz CT molecular complexity index is 532. The van der Waals surface area contributed by atoms with Gasteiger partial charge in [0.25, 0.3) is 0 Å². The molecule has 0 aliphatic rings. The summed E-state index contributed by atoms with van der Waals surface area (Å²) in [7, 11) is 0. The van der Waals surface area contributed by atoms with Crippen LogP contribution in [0.25, 0.3) is 0 Å². The molecule has 0 saturated heterocycles. The number of nitrogens with zero attached hydrogens (tertiary/aromatic N) is 2. The van der Waals surface area contributed by atoms with Crippen molar-refractivity contribution >= 4 is 0 Å². The Balaban J connectivity index is 2.22. The van der Waals surface area contributed by atoms with E-state index in [4.69, 9.17) is 5.73 Å². The van der Waals surface area contributed by atoms with Gasteiger partial charge >= 0.3 is 0 Å². The first-order chi connectivity index (χ1) is 8.91. The van der Waals surface area contributed by atoms with Crippen molar-refractivity contribution in [3.05, 3.63) is 53.3 Å². The zero-order valence-corrected chi connectivity index (χ0v) is 12.2. The molecule has 0 spiro atoms. The monoisotopic (exact) mass is 257 g/mol. The summed E-state index contributed by atoms with van der Waals surface area (Å²) in [6.07, 6.45) is 3.87. The molecular weight excluding hydrogens is 234 g/mol. The second-order valence-electron chi connectivity index (χ2n) is 5.98. The SMILES string of the molecule is CCn1cc(C(N)c2ccc(C(C)(C)C)cc2)cn1. The maximum Gasteiger partial charge on any atom is 0.0582 e. The summed E-state index contributed by atoms with van der Waals surface area (Å²) >= 11 is 0. The van der Waals surface area contributed by atoms with Gasteiger partial charge in [0.1, 0.15) is 0 Å². The van der Waals surface area contributed by atoms with Crippen LogP contribution in [-0.4, -0.2) is 9.78 Å². The van der Waals surface area contributed by atoms with Crippen LogP contribution >= 0.6 is 0 Å². The molecule has 1 aromatic heterocycles. The summed E-state index contributed by atoms with van der Waals surface area (Å²) < 4.78 is 1.90. The number of hydrogen-bond donors (Lipinski definition) is 1. The zero-order chi connectivity index (χ0) is 14.0. The topological polar surface area (TPSA) is 43.8 Å². The van der Waals surface area contributed by atoms with Crippen LogP contribution in [-0.2, 0) is 12.0 Å². The van der Waals surface area contributed by atoms with Gasteiger partial charge in [-0.15, -0.1) is 0 Å². The molecule has 3 nitrogen and oxygen atoms in total. The van der Waals surface area contributed by atoms with Crippen LogP contribution in [0.4, 0.5) is 0 Å². The Hall–Kier alpha value is -1.61. The second kappa shape index (κ2) is 5.17. The largest absolute Gasteiger partial charge is 0.320 e. The van der Waals surface area contributed by atoms with Crippen molar-refractivity contribution in [3.8, 4) is 0 Å². The van der Waals surface area contributed by atoms with Gasteiger partial charge in [-0.1, -0.05) is 45.0 Å². The summed E-state index contributed by atoms with van der Waals surface area (Å²) in [6.45, 7) is 9.59. The molecular formula is C16H23N3. The molecule has 0 bridgehead atoms.